The van der Waals surface area contributed by atoms with Crippen LogP contribution in [0.25, 0.3) is 0 Å². The van der Waals surface area contributed by atoms with Crippen LogP contribution >= 0.6 is 15.9 Å². The summed E-state index contributed by atoms with van der Waals surface area (Å²) in [5, 5.41) is 0. The monoisotopic (exact) mass is 300 g/mol. The number of carbonyl (C=O) groups excluding carboxylic acids is 1. The second-order valence-corrected chi connectivity index (χ2v) is 4.52. The number of nitrogen functional groups attached to an aromatic ring is 1. The van der Waals surface area contributed by atoms with Gasteiger partial charge in [-0.25, -0.2) is 0 Å². The fourth-order valence-corrected chi connectivity index (χ4v) is 1.88. The van der Waals surface area contributed by atoms with Gasteiger partial charge in [-0.05, 0) is 25.1 Å². The molecule has 0 radical (unpaired) electrons. The van der Waals surface area contributed by atoms with Gasteiger partial charge in [-0.3, -0.25) is 4.79 Å². The molecule has 0 aliphatic rings. The minimum Gasteiger partial charge on any atom is -0.398 e. The molecule has 0 spiro atoms. The molecule has 0 atom stereocenters. The van der Waals surface area contributed by atoms with Crippen molar-refractivity contribution in [2.45, 2.75) is 6.92 Å². The molecule has 0 bridgehead atoms. The largest absolute Gasteiger partial charge is 0.398 e. The predicted octanol–water partition coefficient (Wildman–Crippen LogP) is 2.14. The molecule has 1 aromatic carbocycles. The molecule has 1 aromatic rings. The predicted molar refractivity (Wildman–Crippen MR) is 72.0 cm³/mol. The number of methoxy groups -OCH3 is 1. The average molecular weight is 301 g/mol. The Morgan fingerprint density at radius 2 is 2.24 bits per heavy atom. The van der Waals surface area contributed by atoms with Gasteiger partial charge in [-0.1, -0.05) is 15.9 Å². The number of nitrogens with zero attached hydrogens (tertiary/aromatic N) is 1. The SMILES string of the molecule is CCN(CCOC)C(=O)c1ccc(Br)cc1N. The molecule has 0 aromatic heterocycles. The maximum absolute atomic E-state index is 12.2. The number of rotatable bonds is 5. The summed E-state index contributed by atoms with van der Waals surface area (Å²) in [6, 6.07) is 5.28. The number of benzene rings is 1. The maximum Gasteiger partial charge on any atom is 0.256 e. The van der Waals surface area contributed by atoms with E-state index in [1.807, 2.05) is 13.0 Å². The molecule has 0 saturated heterocycles. The first-order valence-electron chi connectivity index (χ1n) is 5.43. The summed E-state index contributed by atoms with van der Waals surface area (Å²) in [6.45, 7) is 3.66. The van der Waals surface area contributed by atoms with Crippen LogP contribution in [0.15, 0.2) is 22.7 Å². The summed E-state index contributed by atoms with van der Waals surface area (Å²) in [5.41, 5.74) is 6.85. The van der Waals surface area contributed by atoms with Crippen molar-refractivity contribution in [1.82, 2.24) is 4.90 Å². The number of anilines is 1. The van der Waals surface area contributed by atoms with E-state index in [1.165, 1.54) is 0 Å². The Hall–Kier alpha value is -1.07. The van der Waals surface area contributed by atoms with E-state index in [-0.39, 0.29) is 5.91 Å². The van der Waals surface area contributed by atoms with Crippen molar-refractivity contribution in [3.8, 4) is 0 Å². The first-order chi connectivity index (χ1) is 8.10. The summed E-state index contributed by atoms with van der Waals surface area (Å²) in [4.78, 5) is 13.9. The summed E-state index contributed by atoms with van der Waals surface area (Å²) >= 11 is 3.32. The van der Waals surface area contributed by atoms with Crippen LogP contribution in [0.4, 0.5) is 5.69 Å². The first kappa shape index (κ1) is 14.0. The Bertz CT molecular complexity index is 396. The second-order valence-electron chi connectivity index (χ2n) is 3.61. The lowest BCUT2D eigenvalue weighted by molar-refractivity contribution is 0.0707. The molecule has 5 heteroatoms. The number of likely N-dealkylation sites (N-methyl/N-ethyl adjacent to an activating group) is 1. The number of ether oxygens (including phenoxy) is 1. The van der Waals surface area contributed by atoms with E-state index in [9.17, 15) is 4.79 Å². The van der Waals surface area contributed by atoms with Gasteiger partial charge >= 0.3 is 0 Å². The molecule has 0 heterocycles. The molecular formula is C12H17BrN2O2. The third-order valence-electron chi connectivity index (χ3n) is 2.48. The molecule has 94 valence electrons. The number of amides is 1. The van der Waals surface area contributed by atoms with E-state index in [0.29, 0.717) is 30.9 Å². The van der Waals surface area contributed by atoms with Gasteiger partial charge in [0.1, 0.15) is 0 Å². The average Bonchev–Trinajstić information content (AvgIpc) is 2.29. The Balaban J connectivity index is 2.86. The van der Waals surface area contributed by atoms with Crippen molar-refractivity contribution in [2.24, 2.45) is 0 Å². The third kappa shape index (κ3) is 3.71. The van der Waals surface area contributed by atoms with E-state index in [1.54, 1.807) is 24.1 Å². The normalized spacial score (nSPS) is 10.3. The van der Waals surface area contributed by atoms with Crippen molar-refractivity contribution in [3.05, 3.63) is 28.2 Å². The summed E-state index contributed by atoms with van der Waals surface area (Å²) < 4.78 is 5.84. The summed E-state index contributed by atoms with van der Waals surface area (Å²) in [7, 11) is 1.62. The molecule has 4 nitrogen and oxygen atoms in total. The van der Waals surface area contributed by atoms with Crippen LogP contribution in [-0.2, 0) is 4.74 Å². The summed E-state index contributed by atoms with van der Waals surface area (Å²) in [6.07, 6.45) is 0. The highest BCUT2D eigenvalue weighted by Gasteiger charge is 2.16. The Kier molecular flexibility index (Phi) is 5.44. The van der Waals surface area contributed by atoms with Crippen LogP contribution in [0, 0.1) is 0 Å². The minimum atomic E-state index is -0.0606. The van der Waals surface area contributed by atoms with E-state index in [4.69, 9.17) is 10.5 Å². The van der Waals surface area contributed by atoms with Crippen molar-refractivity contribution in [1.29, 1.82) is 0 Å². The van der Waals surface area contributed by atoms with Crippen LogP contribution in [0.3, 0.4) is 0 Å². The molecule has 17 heavy (non-hydrogen) atoms. The van der Waals surface area contributed by atoms with Crippen LogP contribution in [0.2, 0.25) is 0 Å². The lowest BCUT2D eigenvalue weighted by Crippen LogP contribution is -2.34. The van der Waals surface area contributed by atoms with Crippen molar-refractivity contribution >= 4 is 27.5 Å². The smallest absolute Gasteiger partial charge is 0.256 e. The molecular weight excluding hydrogens is 284 g/mol. The molecule has 1 amide bonds. The highest BCUT2D eigenvalue weighted by atomic mass is 79.9. The van der Waals surface area contributed by atoms with Gasteiger partial charge in [-0.2, -0.15) is 0 Å². The number of hydrogen-bond acceptors (Lipinski definition) is 3. The van der Waals surface area contributed by atoms with Crippen molar-refractivity contribution < 1.29 is 9.53 Å². The topological polar surface area (TPSA) is 55.6 Å². The molecule has 1 rings (SSSR count). The van der Waals surface area contributed by atoms with Crippen molar-refractivity contribution in [3.63, 3.8) is 0 Å². The Morgan fingerprint density at radius 1 is 1.53 bits per heavy atom. The molecule has 0 saturated carbocycles. The van der Waals surface area contributed by atoms with Gasteiger partial charge < -0.3 is 15.4 Å². The third-order valence-corrected chi connectivity index (χ3v) is 2.97. The minimum absolute atomic E-state index is 0.0606. The lowest BCUT2D eigenvalue weighted by atomic mass is 10.1. The number of carbonyl (C=O) groups is 1. The van der Waals surface area contributed by atoms with Crippen LogP contribution < -0.4 is 5.73 Å². The van der Waals surface area contributed by atoms with Gasteiger partial charge in [0.05, 0.1) is 12.2 Å². The lowest BCUT2D eigenvalue weighted by Gasteiger charge is -2.21. The van der Waals surface area contributed by atoms with E-state index >= 15 is 0 Å². The van der Waals surface area contributed by atoms with Gasteiger partial charge in [0.2, 0.25) is 0 Å². The Morgan fingerprint density at radius 3 is 2.76 bits per heavy atom. The molecule has 0 aliphatic heterocycles. The zero-order valence-electron chi connectivity index (χ0n) is 10.1. The van der Waals surface area contributed by atoms with Crippen LogP contribution in [-0.4, -0.2) is 37.6 Å². The van der Waals surface area contributed by atoms with Gasteiger partial charge in [-0.15, -0.1) is 0 Å². The highest BCUT2D eigenvalue weighted by Crippen LogP contribution is 2.19. The molecule has 0 fully saturated rings. The van der Waals surface area contributed by atoms with E-state index in [0.717, 1.165) is 4.47 Å². The highest BCUT2D eigenvalue weighted by molar-refractivity contribution is 9.10. The first-order valence-corrected chi connectivity index (χ1v) is 6.22. The number of nitrogens with two attached hydrogens (primary N) is 1. The van der Waals surface area contributed by atoms with Crippen LogP contribution in [0.5, 0.6) is 0 Å². The summed E-state index contributed by atoms with van der Waals surface area (Å²) in [5.74, 6) is -0.0606. The van der Waals surface area contributed by atoms with Gasteiger partial charge in [0, 0.05) is 30.4 Å². The maximum atomic E-state index is 12.2. The van der Waals surface area contributed by atoms with Gasteiger partial charge in [0.25, 0.3) is 5.91 Å². The van der Waals surface area contributed by atoms with E-state index in [2.05, 4.69) is 15.9 Å². The van der Waals surface area contributed by atoms with Crippen molar-refractivity contribution in [2.75, 3.05) is 32.5 Å². The van der Waals surface area contributed by atoms with Crippen LogP contribution in [0.1, 0.15) is 17.3 Å². The number of hydrogen-bond donors (Lipinski definition) is 1. The zero-order valence-corrected chi connectivity index (χ0v) is 11.7. The Labute approximate surface area is 110 Å². The second kappa shape index (κ2) is 6.61. The van der Waals surface area contributed by atoms with Gasteiger partial charge in [0.15, 0.2) is 0 Å². The zero-order chi connectivity index (χ0) is 12.8. The fourth-order valence-electron chi connectivity index (χ4n) is 1.50. The standard InChI is InChI=1S/C12H17BrN2O2/c1-3-15(6-7-17-2)12(16)10-5-4-9(13)8-11(10)14/h4-5,8H,3,6-7,14H2,1-2H3. The molecule has 0 aliphatic carbocycles. The number of halogens is 1. The van der Waals surface area contributed by atoms with E-state index < -0.39 is 0 Å². The fraction of sp³-hybridized carbons (Fsp3) is 0.417. The molecule has 0 unspecified atom stereocenters. The quantitative estimate of drug-likeness (QED) is 0.848. The molecule has 2 N–H and O–H groups in total.